The molecule has 2 aromatic rings. The molecule has 0 saturated heterocycles. The van der Waals surface area contributed by atoms with Crippen molar-refractivity contribution < 1.29 is 4.74 Å². The van der Waals surface area contributed by atoms with E-state index in [1.807, 2.05) is 24.3 Å². The molecule has 1 aromatic heterocycles. The molecule has 0 spiro atoms. The van der Waals surface area contributed by atoms with Gasteiger partial charge in [-0.3, -0.25) is 0 Å². The first-order valence-corrected chi connectivity index (χ1v) is 6.43. The van der Waals surface area contributed by atoms with Crippen molar-refractivity contribution in [1.29, 1.82) is 5.26 Å². The van der Waals surface area contributed by atoms with E-state index in [1.165, 1.54) is 6.33 Å². The maximum absolute atomic E-state index is 8.78. The molecule has 2 rings (SSSR count). The van der Waals surface area contributed by atoms with Crippen LogP contribution in [0.25, 0.3) is 5.69 Å². The SMILES string of the molecule is COCCNCc1c(Cl)cccc1-n1cnc(C#N)n1. The van der Waals surface area contributed by atoms with E-state index in [-0.39, 0.29) is 5.82 Å². The zero-order valence-electron chi connectivity index (χ0n) is 11.0. The first kappa shape index (κ1) is 14.5. The number of hydrogen-bond donors (Lipinski definition) is 1. The highest BCUT2D eigenvalue weighted by molar-refractivity contribution is 6.31. The molecule has 0 bridgehead atoms. The summed E-state index contributed by atoms with van der Waals surface area (Å²) in [6, 6.07) is 7.44. The van der Waals surface area contributed by atoms with Crippen LogP contribution in [0.3, 0.4) is 0 Å². The Morgan fingerprint density at radius 1 is 1.50 bits per heavy atom. The summed E-state index contributed by atoms with van der Waals surface area (Å²) in [5.41, 5.74) is 1.70. The Labute approximate surface area is 121 Å². The molecule has 6 nitrogen and oxygen atoms in total. The van der Waals surface area contributed by atoms with E-state index < -0.39 is 0 Å². The number of benzene rings is 1. The van der Waals surface area contributed by atoms with Crippen molar-refractivity contribution >= 4 is 11.6 Å². The fraction of sp³-hybridized carbons (Fsp3) is 0.308. The third-order valence-corrected chi connectivity index (χ3v) is 3.07. The summed E-state index contributed by atoms with van der Waals surface area (Å²) in [5, 5.41) is 16.7. The highest BCUT2D eigenvalue weighted by Gasteiger charge is 2.10. The average molecular weight is 292 g/mol. The van der Waals surface area contributed by atoms with Gasteiger partial charge in [-0.15, -0.1) is 5.10 Å². The Morgan fingerprint density at radius 3 is 3.05 bits per heavy atom. The van der Waals surface area contributed by atoms with Gasteiger partial charge in [0.1, 0.15) is 12.4 Å². The van der Waals surface area contributed by atoms with Gasteiger partial charge in [-0.05, 0) is 12.1 Å². The van der Waals surface area contributed by atoms with Gasteiger partial charge in [0.2, 0.25) is 0 Å². The Morgan fingerprint density at radius 2 is 2.35 bits per heavy atom. The lowest BCUT2D eigenvalue weighted by Crippen LogP contribution is -2.20. The lowest BCUT2D eigenvalue weighted by atomic mass is 10.1. The molecule has 1 heterocycles. The molecule has 0 aliphatic heterocycles. The molecular weight excluding hydrogens is 278 g/mol. The number of nitriles is 1. The monoisotopic (exact) mass is 291 g/mol. The molecule has 104 valence electrons. The van der Waals surface area contributed by atoms with Crippen molar-refractivity contribution in [1.82, 2.24) is 20.1 Å². The molecule has 0 radical (unpaired) electrons. The van der Waals surface area contributed by atoms with Crippen LogP contribution in [0.15, 0.2) is 24.5 Å². The van der Waals surface area contributed by atoms with Gasteiger partial charge in [-0.25, -0.2) is 9.67 Å². The molecule has 0 amide bonds. The lowest BCUT2D eigenvalue weighted by molar-refractivity contribution is 0.199. The molecule has 1 N–H and O–H groups in total. The average Bonchev–Trinajstić information content (AvgIpc) is 2.93. The first-order valence-electron chi connectivity index (χ1n) is 6.05. The van der Waals surface area contributed by atoms with Crippen LogP contribution in [0.2, 0.25) is 5.02 Å². The quantitative estimate of drug-likeness (QED) is 0.817. The van der Waals surface area contributed by atoms with E-state index >= 15 is 0 Å². The van der Waals surface area contributed by atoms with Crippen LogP contribution in [0.5, 0.6) is 0 Å². The van der Waals surface area contributed by atoms with Crippen LogP contribution >= 0.6 is 11.6 Å². The Bertz CT molecular complexity index is 619. The van der Waals surface area contributed by atoms with Crippen LogP contribution in [0.1, 0.15) is 11.4 Å². The Hall–Kier alpha value is -1.94. The van der Waals surface area contributed by atoms with Gasteiger partial charge in [0.05, 0.1) is 12.3 Å². The standard InChI is InChI=1S/C13H14ClN5O/c1-20-6-5-16-8-10-11(14)3-2-4-12(10)19-9-17-13(7-15)18-19/h2-4,9,16H,5-6,8H2,1H3. The van der Waals surface area contributed by atoms with Gasteiger partial charge in [0.15, 0.2) is 0 Å². The largest absolute Gasteiger partial charge is 0.383 e. The summed E-state index contributed by atoms with van der Waals surface area (Å²) in [4.78, 5) is 3.90. The van der Waals surface area contributed by atoms with Gasteiger partial charge in [0.25, 0.3) is 5.82 Å². The Kier molecular flexibility index (Phi) is 5.07. The van der Waals surface area contributed by atoms with E-state index in [9.17, 15) is 0 Å². The summed E-state index contributed by atoms with van der Waals surface area (Å²) in [6.07, 6.45) is 1.50. The minimum Gasteiger partial charge on any atom is -0.383 e. The number of nitrogens with zero attached hydrogens (tertiary/aromatic N) is 4. The zero-order chi connectivity index (χ0) is 14.4. The van der Waals surface area contributed by atoms with Crippen molar-refractivity contribution in [3.63, 3.8) is 0 Å². The fourth-order valence-electron chi connectivity index (χ4n) is 1.75. The molecule has 0 unspecified atom stereocenters. The summed E-state index contributed by atoms with van der Waals surface area (Å²) >= 11 is 6.23. The number of hydrogen-bond acceptors (Lipinski definition) is 5. The van der Waals surface area contributed by atoms with Crippen molar-refractivity contribution in [2.45, 2.75) is 6.54 Å². The summed E-state index contributed by atoms with van der Waals surface area (Å²) < 4.78 is 6.54. The van der Waals surface area contributed by atoms with E-state index in [4.69, 9.17) is 21.6 Å². The second-order valence-electron chi connectivity index (χ2n) is 4.03. The van der Waals surface area contributed by atoms with Crippen LogP contribution < -0.4 is 5.32 Å². The predicted octanol–water partition coefficient (Wildman–Crippen LogP) is 1.53. The minimum absolute atomic E-state index is 0.128. The molecule has 20 heavy (non-hydrogen) atoms. The summed E-state index contributed by atoms with van der Waals surface area (Å²) in [7, 11) is 1.65. The van der Waals surface area contributed by atoms with Crippen LogP contribution in [-0.4, -0.2) is 35.0 Å². The first-order chi connectivity index (χ1) is 9.76. The maximum Gasteiger partial charge on any atom is 0.252 e. The Balaban J connectivity index is 2.24. The number of methoxy groups -OCH3 is 1. The molecule has 0 aliphatic carbocycles. The van der Waals surface area contributed by atoms with Gasteiger partial charge < -0.3 is 10.1 Å². The van der Waals surface area contributed by atoms with Crippen molar-refractivity contribution in [3.05, 3.63) is 40.9 Å². The van der Waals surface area contributed by atoms with Crippen LogP contribution in [0.4, 0.5) is 0 Å². The molecule has 1 aromatic carbocycles. The normalized spacial score (nSPS) is 10.4. The van der Waals surface area contributed by atoms with Crippen molar-refractivity contribution in [2.75, 3.05) is 20.3 Å². The number of aromatic nitrogens is 3. The van der Waals surface area contributed by atoms with Gasteiger partial charge >= 0.3 is 0 Å². The number of halogens is 1. The zero-order valence-corrected chi connectivity index (χ0v) is 11.8. The number of ether oxygens (including phenoxy) is 1. The molecule has 0 fully saturated rings. The van der Waals surface area contributed by atoms with Gasteiger partial charge in [-0.1, -0.05) is 17.7 Å². The molecular formula is C13H14ClN5O. The lowest BCUT2D eigenvalue weighted by Gasteiger charge is -2.11. The van der Waals surface area contributed by atoms with Crippen molar-refractivity contribution in [3.8, 4) is 11.8 Å². The fourth-order valence-corrected chi connectivity index (χ4v) is 1.99. The minimum atomic E-state index is 0.128. The van der Waals surface area contributed by atoms with E-state index in [2.05, 4.69) is 15.4 Å². The van der Waals surface area contributed by atoms with Gasteiger partial charge in [-0.2, -0.15) is 5.26 Å². The number of rotatable bonds is 6. The van der Waals surface area contributed by atoms with Crippen molar-refractivity contribution in [2.24, 2.45) is 0 Å². The maximum atomic E-state index is 8.78. The topological polar surface area (TPSA) is 75.8 Å². The van der Waals surface area contributed by atoms with E-state index in [0.29, 0.717) is 18.2 Å². The van der Waals surface area contributed by atoms with Crippen LogP contribution in [0, 0.1) is 11.3 Å². The molecule has 0 aliphatic rings. The molecule has 0 saturated carbocycles. The summed E-state index contributed by atoms with van der Waals surface area (Å²) in [6.45, 7) is 1.93. The second-order valence-corrected chi connectivity index (χ2v) is 4.44. The summed E-state index contributed by atoms with van der Waals surface area (Å²) in [5.74, 6) is 0.128. The van der Waals surface area contributed by atoms with Gasteiger partial charge in [0, 0.05) is 30.8 Å². The van der Waals surface area contributed by atoms with E-state index in [0.717, 1.165) is 17.8 Å². The predicted molar refractivity (Wildman–Crippen MR) is 74.7 cm³/mol. The number of nitrogens with one attached hydrogen (secondary N) is 1. The smallest absolute Gasteiger partial charge is 0.252 e. The highest BCUT2D eigenvalue weighted by Crippen LogP contribution is 2.22. The third kappa shape index (κ3) is 3.33. The van der Waals surface area contributed by atoms with E-state index in [1.54, 1.807) is 11.8 Å². The molecule has 7 heteroatoms. The highest BCUT2D eigenvalue weighted by atomic mass is 35.5. The third-order valence-electron chi connectivity index (χ3n) is 2.72. The molecule has 0 atom stereocenters. The van der Waals surface area contributed by atoms with Crippen LogP contribution in [-0.2, 0) is 11.3 Å². The second kappa shape index (κ2) is 7.01.